The van der Waals surface area contributed by atoms with Crippen molar-refractivity contribution in [3.63, 3.8) is 0 Å². The van der Waals surface area contributed by atoms with Gasteiger partial charge in [-0.2, -0.15) is 4.31 Å². The van der Waals surface area contributed by atoms with E-state index in [1.54, 1.807) is 16.4 Å². The first-order valence-electron chi connectivity index (χ1n) is 9.72. The molecule has 0 N–H and O–H groups in total. The van der Waals surface area contributed by atoms with E-state index in [9.17, 15) is 8.42 Å². The lowest BCUT2D eigenvalue weighted by Gasteiger charge is -2.34. The molecule has 0 aliphatic carbocycles. The van der Waals surface area contributed by atoms with Gasteiger partial charge in [0.15, 0.2) is 0 Å². The Labute approximate surface area is 163 Å². The van der Waals surface area contributed by atoms with Crippen molar-refractivity contribution in [2.75, 3.05) is 26.2 Å². The van der Waals surface area contributed by atoms with E-state index in [2.05, 4.69) is 49.9 Å². The molecule has 0 radical (unpaired) electrons. The Balaban J connectivity index is 1.62. The topological polar surface area (TPSA) is 40.6 Å². The Morgan fingerprint density at radius 3 is 2.15 bits per heavy atom. The molecular weight excluding hydrogens is 356 g/mol. The normalized spacial score (nSPS) is 16.7. The molecule has 4 nitrogen and oxygen atoms in total. The van der Waals surface area contributed by atoms with Gasteiger partial charge in [0.05, 0.1) is 4.90 Å². The molecule has 2 aromatic rings. The second kappa shape index (κ2) is 8.55. The molecule has 0 atom stereocenters. The molecule has 27 heavy (non-hydrogen) atoms. The number of aryl methyl sites for hydroxylation is 1. The summed E-state index contributed by atoms with van der Waals surface area (Å²) in [4.78, 5) is 2.74. The van der Waals surface area contributed by atoms with Crippen LogP contribution in [0.5, 0.6) is 0 Å². The fourth-order valence-electron chi connectivity index (χ4n) is 3.57. The third kappa shape index (κ3) is 4.98. The fraction of sp³-hybridized carbons (Fsp3) is 0.455. The first-order valence-corrected chi connectivity index (χ1v) is 11.2. The Bertz CT molecular complexity index is 852. The fourth-order valence-corrected chi connectivity index (χ4v) is 5.00. The number of hydrogen-bond acceptors (Lipinski definition) is 3. The molecule has 0 bridgehead atoms. The van der Waals surface area contributed by atoms with Crippen molar-refractivity contribution in [2.45, 2.75) is 38.6 Å². The lowest BCUT2D eigenvalue weighted by atomic mass is 10.0. The summed E-state index contributed by atoms with van der Waals surface area (Å²) in [6, 6.07) is 15.8. The number of piperazine rings is 1. The Hall–Kier alpha value is -1.69. The molecule has 0 saturated carbocycles. The standard InChI is InChI=1S/C22H30N2O2S/c1-18(2)16-20-8-10-22(11-9-20)27(25,26)24-14-12-23(13-15-24)17-21-7-5-4-6-19(21)3/h4-11,18H,12-17H2,1-3H3. The highest BCUT2D eigenvalue weighted by molar-refractivity contribution is 7.89. The van der Waals surface area contributed by atoms with E-state index >= 15 is 0 Å². The van der Waals surface area contributed by atoms with Gasteiger partial charge in [0.2, 0.25) is 10.0 Å². The lowest BCUT2D eigenvalue weighted by molar-refractivity contribution is 0.181. The van der Waals surface area contributed by atoms with Crippen molar-refractivity contribution in [3.05, 3.63) is 65.2 Å². The molecule has 5 heteroatoms. The molecule has 1 fully saturated rings. The zero-order chi connectivity index (χ0) is 19.4. The van der Waals surface area contributed by atoms with Gasteiger partial charge in [-0.1, -0.05) is 50.2 Å². The van der Waals surface area contributed by atoms with Gasteiger partial charge in [-0.15, -0.1) is 0 Å². The minimum atomic E-state index is -3.41. The molecule has 1 heterocycles. The minimum absolute atomic E-state index is 0.405. The Kier molecular flexibility index (Phi) is 6.35. The van der Waals surface area contributed by atoms with Crippen LogP contribution in [0, 0.1) is 12.8 Å². The smallest absolute Gasteiger partial charge is 0.243 e. The van der Waals surface area contributed by atoms with Crippen LogP contribution in [0.15, 0.2) is 53.4 Å². The monoisotopic (exact) mass is 386 g/mol. The van der Waals surface area contributed by atoms with Crippen LogP contribution < -0.4 is 0 Å². The largest absolute Gasteiger partial charge is 0.296 e. The van der Waals surface area contributed by atoms with Gasteiger partial charge in [0, 0.05) is 32.7 Å². The highest BCUT2D eigenvalue weighted by Gasteiger charge is 2.28. The van der Waals surface area contributed by atoms with E-state index < -0.39 is 10.0 Å². The second-order valence-electron chi connectivity index (χ2n) is 7.85. The highest BCUT2D eigenvalue weighted by atomic mass is 32.2. The van der Waals surface area contributed by atoms with E-state index in [4.69, 9.17) is 0 Å². The van der Waals surface area contributed by atoms with Crippen LogP contribution in [-0.4, -0.2) is 43.8 Å². The summed E-state index contributed by atoms with van der Waals surface area (Å²) in [6.45, 7) is 9.95. The molecule has 0 unspecified atom stereocenters. The molecular formula is C22H30N2O2S. The number of sulfonamides is 1. The van der Waals surface area contributed by atoms with Gasteiger partial charge < -0.3 is 0 Å². The van der Waals surface area contributed by atoms with Crippen molar-refractivity contribution in [2.24, 2.45) is 5.92 Å². The van der Waals surface area contributed by atoms with Crippen molar-refractivity contribution in [1.82, 2.24) is 9.21 Å². The van der Waals surface area contributed by atoms with Crippen LogP contribution in [0.1, 0.15) is 30.5 Å². The van der Waals surface area contributed by atoms with Crippen molar-refractivity contribution in [3.8, 4) is 0 Å². The molecule has 0 spiro atoms. The Morgan fingerprint density at radius 1 is 0.926 bits per heavy atom. The number of rotatable bonds is 6. The molecule has 1 saturated heterocycles. The highest BCUT2D eigenvalue weighted by Crippen LogP contribution is 2.20. The molecule has 0 aromatic heterocycles. The second-order valence-corrected chi connectivity index (χ2v) is 9.79. The minimum Gasteiger partial charge on any atom is -0.296 e. The molecule has 146 valence electrons. The van der Waals surface area contributed by atoms with Gasteiger partial charge >= 0.3 is 0 Å². The van der Waals surface area contributed by atoms with Crippen molar-refractivity contribution >= 4 is 10.0 Å². The maximum atomic E-state index is 12.9. The van der Waals surface area contributed by atoms with Gasteiger partial charge in [-0.05, 0) is 48.1 Å². The molecule has 3 rings (SSSR count). The van der Waals surface area contributed by atoms with Gasteiger partial charge in [-0.3, -0.25) is 4.90 Å². The van der Waals surface area contributed by atoms with Crippen LogP contribution in [0.2, 0.25) is 0 Å². The number of nitrogens with zero attached hydrogens (tertiary/aromatic N) is 2. The zero-order valence-corrected chi connectivity index (χ0v) is 17.4. The van der Waals surface area contributed by atoms with E-state index in [1.807, 2.05) is 12.1 Å². The van der Waals surface area contributed by atoms with Crippen LogP contribution in [0.25, 0.3) is 0 Å². The summed E-state index contributed by atoms with van der Waals surface area (Å²) in [5.74, 6) is 0.564. The molecule has 0 amide bonds. The average Bonchev–Trinajstić information content (AvgIpc) is 2.64. The van der Waals surface area contributed by atoms with Crippen LogP contribution in [0.4, 0.5) is 0 Å². The van der Waals surface area contributed by atoms with Gasteiger partial charge in [0.25, 0.3) is 0 Å². The summed E-state index contributed by atoms with van der Waals surface area (Å²) in [7, 11) is -3.41. The summed E-state index contributed by atoms with van der Waals surface area (Å²) in [5.41, 5.74) is 3.79. The van der Waals surface area contributed by atoms with E-state index in [0.717, 1.165) is 26.1 Å². The SMILES string of the molecule is Cc1ccccc1CN1CCN(S(=O)(=O)c2ccc(CC(C)C)cc2)CC1. The third-order valence-electron chi connectivity index (χ3n) is 5.19. The van der Waals surface area contributed by atoms with Gasteiger partial charge in [-0.25, -0.2) is 8.42 Å². The molecule has 2 aromatic carbocycles. The van der Waals surface area contributed by atoms with Crippen molar-refractivity contribution < 1.29 is 8.42 Å². The number of benzene rings is 2. The summed E-state index contributed by atoms with van der Waals surface area (Å²) in [5, 5.41) is 0. The van der Waals surface area contributed by atoms with E-state index in [1.165, 1.54) is 16.7 Å². The molecule has 1 aliphatic rings. The maximum Gasteiger partial charge on any atom is 0.243 e. The van der Waals surface area contributed by atoms with E-state index in [0.29, 0.717) is 23.9 Å². The third-order valence-corrected chi connectivity index (χ3v) is 7.10. The summed E-state index contributed by atoms with van der Waals surface area (Å²) in [6.07, 6.45) is 0.970. The first kappa shape index (κ1) is 20.1. The average molecular weight is 387 g/mol. The summed E-state index contributed by atoms with van der Waals surface area (Å²) >= 11 is 0. The predicted molar refractivity (Wildman–Crippen MR) is 110 cm³/mol. The number of hydrogen-bond donors (Lipinski definition) is 0. The predicted octanol–water partition coefficient (Wildman–Crippen LogP) is 3.70. The van der Waals surface area contributed by atoms with Crippen molar-refractivity contribution in [1.29, 1.82) is 0 Å². The first-order chi connectivity index (χ1) is 12.9. The van der Waals surface area contributed by atoms with Crippen LogP contribution >= 0.6 is 0 Å². The van der Waals surface area contributed by atoms with Gasteiger partial charge in [0.1, 0.15) is 0 Å². The zero-order valence-electron chi connectivity index (χ0n) is 16.6. The van der Waals surface area contributed by atoms with Crippen LogP contribution in [0.3, 0.4) is 0 Å². The lowest BCUT2D eigenvalue weighted by Crippen LogP contribution is -2.48. The van der Waals surface area contributed by atoms with E-state index in [-0.39, 0.29) is 0 Å². The maximum absolute atomic E-state index is 12.9. The summed E-state index contributed by atoms with van der Waals surface area (Å²) < 4.78 is 27.5. The quantitative estimate of drug-likeness (QED) is 0.760. The molecule has 1 aliphatic heterocycles. The van der Waals surface area contributed by atoms with Crippen LogP contribution in [-0.2, 0) is 23.0 Å². The Morgan fingerprint density at radius 2 is 1.56 bits per heavy atom.